The molecule has 0 aliphatic carbocycles. The lowest BCUT2D eigenvalue weighted by Gasteiger charge is -2.42. The predicted octanol–water partition coefficient (Wildman–Crippen LogP) is 3.13. The van der Waals surface area contributed by atoms with E-state index in [0.29, 0.717) is 17.1 Å². The standard InChI is InChI=1S/C20H21N3O6/c1-12(29-17-10-9-13(28-4)11-16(17)23(26)27)18(24)22-15-8-6-5-7-14(15)21-19(25)20(22,2)3/h5-12H,1-4H3,(H,21,25)/t12-/m0/s1. The molecule has 2 aromatic rings. The van der Waals surface area contributed by atoms with Crippen LogP contribution in [0, 0.1) is 10.1 Å². The van der Waals surface area contributed by atoms with Crippen molar-refractivity contribution in [3.8, 4) is 11.5 Å². The molecule has 2 amide bonds. The number of amides is 2. The van der Waals surface area contributed by atoms with Gasteiger partial charge in [0, 0.05) is 0 Å². The third kappa shape index (κ3) is 3.58. The van der Waals surface area contributed by atoms with Gasteiger partial charge in [-0.05, 0) is 45.0 Å². The number of methoxy groups -OCH3 is 1. The number of ether oxygens (including phenoxy) is 2. The highest BCUT2D eigenvalue weighted by molar-refractivity contribution is 6.14. The Bertz CT molecular complexity index is 988. The van der Waals surface area contributed by atoms with Crippen molar-refractivity contribution in [1.29, 1.82) is 0 Å². The van der Waals surface area contributed by atoms with Gasteiger partial charge in [-0.1, -0.05) is 12.1 Å². The number of rotatable bonds is 5. The number of hydrogen-bond donors (Lipinski definition) is 1. The van der Waals surface area contributed by atoms with Crippen LogP contribution in [0.4, 0.5) is 17.1 Å². The summed E-state index contributed by atoms with van der Waals surface area (Å²) in [6.07, 6.45) is -1.08. The molecule has 2 aromatic carbocycles. The number of anilines is 2. The molecule has 1 N–H and O–H groups in total. The minimum atomic E-state index is -1.17. The second kappa shape index (κ2) is 7.42. The van der Waals surface area contributed by atoms with Gasteiger partial charge in [-0.3, -0.25) is 24.6 Å². The molecule has 1 aliphatic heterocycles. The van der Waals surface area contributed by atoms with Crippen molar-refractivity contribution in [1.82, 2.24) is 0 Å². The maximum atomic E-state index is 13.3. The maximum Gasteiger partial charge on any atom is 0.314 e. The third-order valence-corrected chi connectivity index (χ3v) is 4.74. The summed E-state index contributed by atoms with van der Waals surface area (Å²) >= 11 is 0. The molecule has 29 heavy (non-hydrogen) atoms. The van der Waals surface area contributed by atoms with E-state index in [1.165, 1.54) is 37.1 Å². The van der Waals surface area contributed by atoms with Gasteiger partial charge < -0.3 is 14.8 Å². The number of nitro benzene ring substituents is 1. The van der Waals surface area contributed by atoms with Crippen LogP contribution < -0.4 is 19.7 Å². The molecule has 0 unspecified atom stereocenters. The Hall–Kier alpha value is -3.62. The van der Waals surface area contributed by atoms with Gasteiger partial charge in [-0.2, -0.15) is 0 Å². The summed E-state index contributed by atoms with van der Waals surface area (Å²) < 4.78 is 10.7. The van der Waals surface area contributed by atoms with E-state index < -0.39 is 22.5 Å². The highest BCUT2D eigenvalue weighted by Crippen LogP contribution is 2.38. The summed E-state index contributed by atoms with van der Waals surface area (Å²) in [5.74, 6) is -0.607. The molecule has 0 aromatic heterocycles. The van der Waals surface area contributed by atoms with Crippen molar-refractivity contribution in [2.45, 2.75) is 32.4 Å². The number of nitrogens with zero attached hydrogens (tertiary/aromatic N) is 2. The fourth-order valence-electron chi connectivity index (χ4n) is 3.14. The molecular weight excluding hydrogens is 378 g/mol. The fourth-order valence-corrected chi connectivity index (χ4v) is 3.14. The van der Waals surface area contributed by atoms with Crippen LogP contribution in [0.25, 0.3) is 0 Å². The van der Waals surface area contributed by atoms with Crippen molar-refractivity contribution >= 4 is 28.9 Å². The molecular formula is C20H21N3O6. The highest BCUT2D eigenvalue weighted by atomic mass is 16.6. The molecule has 0 spiro atoms. The van der Waals surface area contributed by atoms with Crippen molar-refractivity contribution in [2.75, 3.05) is 17.3 Å². The van der Waals surface area contributed by atoms with Gasteiger partial charge >= 0.3 is 5.69 Å². The Labute approximate surface area is 167 Å². The van der Waals surface area contributed by atoms with Gasteiger partial charge in [-0.15, -0.1) is 0 Å². The number of fused-ring (bicyclic) bond motifs is 1. The zero-order chi connectivity index (χ0) is 21.3. The number of carbonyl (C=O) groups is 2. The lowest BCUT2D eigenvalue weighted by molar-refractivity contribution is -0.386. The minimum absolute atomic E-state index is 0.0656. The van der Waals surface area contributed by atoms with Crippen molar-refractivity contribution in [3.63, 3.8) is 0 Å². The van der Waals surface area contributed by atoms with Crippen molar-refractivity contribution < 1.29 is 24.0 Å². The minimum Gasteiger partial charge on any atom is -0.496 e. The largest absolute Gasteiger partial charge is 0.496 e. The molecule has 1 atom stereocenters. The molecule has 1 heterocycles. The molecule has 9 nitrogen and oxygen atoms in total. The van der Waals surface area contributed by atoms with Gasteiger partial charge in [0.15, 0.2) is 11.9 Å². The predicted molar refractivity (Wildman–Crippen MR) is 106 cm³/mol. The Balaban J connectivity index is 1.95. The number of nitro groups is 1. The first-order valence-electron chi connectivity index (χ1n) is 8.90. The summed E-state index contributed by atoms with van der Waals surface area (Å²) in [4.78, 5) is 37.9. The quantitative estimate of drug-likeness (QED) is 0.611. The number of carbonyl (C=O) groups excluding carboxylic acids is 2. The second-order valence-electron chi connectivity index (χ2n) is 7.05. The summed E-state index contributed by atoms with van der Waals surface area (Å²) in [5.41, 5.74) is -0.454. The summed E-state index contributed by atoms with van der Waals surface area (Å²) in [7, 11) is 1.40. The first-order chi connectivity index (χ1) is 13.7. The molecule has 9 heteroatoms. The lowest BCUT2D eigenvalue weighted by Crippen LogP contribution is -2.60. The molecule has 0 radical (unpaired) electrons. The van der Waals surface area contributed by atoms with E-state index in [4.69, 9.17) is 9.47 Å². The average molecular weight is 399 g/mol. The second-order valence-corrected chi connectivity index (χ2v) is 7.05. The van der Waals surface area contributed by atoms with E-state index in [9.17, 15) is 19.7 Å². The number of para-hydroxylation sites is 2. The summed E-state index contributed by atoms with van der Waals surface area (Å²) in [6, 6.07) is 11.0. The van der Waals surface area contributed by atoms with Crippen LogP contribution in [0.2, 0.25) is 0 Å². The first kappa shape index (κ1) is 20.1. The molecule has 3 rings (SSSR count). The van der Waals surface area contributed by atoms with Crippen LogP contribution in [0.3, 0.4) is 0 Å². The Morgan fingerprint density at radius 1 is 1.24 bits per heavy atom. The Morgan fingerprint density at radius 3 is 2.59 bits per heavy atom. The number of nitrogens with one attached hydrogen (secondary N) is 1. The van der Waals surface area contributed by atoms with E-state index in [2.05, 4.69) is 5.32 Å². The van der Waals surface area contributed by atoms with Crippen molar-refractivity contribution in [3.05, 3.63) is 52.6 Å². The average Bonchev–Trinajstić information content (AvgIpc) is 2.68. The maximum absolute atomic E-state index is 13.3. The lowest BCUT2D eigenvalue weighted by atomic mass is 9.95. The zero-order valence-corrected chi connectivity index (χ0v) is 16.5. The number of hydrogen-bond acceptors (Lipinski definition) is 6. The fraction of sp³-hybridized carbons (Fsp3) is 0.300. The van der Waals surface area contributed by atoms with Crippen LogP contribution in [0.15, 0.2) is 42.5 Å². The summed E-state index contributed by atoms with van der Waals surface area (Å²) in [6.45, 7) is 4.74. The van der Waals surface area contributed by atoms with E-state index in [-0.39, 0.29) is 17.3 Å². The normalized spacial score (nSPS) is 15.7. The van der Waals surface area contributed by atoms with Crippen LogP contribution in [0.5, 0.6) is 11.5 Å². The van der Waals surface area contributed by atoms with Crippen LogP contribution in [-0.2, 0) is 9.59 Å². The molecule has 1 aliphatic rings. The molecule has 152 valence electrons. The van der Waals surface area contributed by atoms with Gasteiger partial charge in [0.25, 0.3) is 5.91 Å². The van der Waals surface area contributed by atoms with Gasteiger partial charge in [0.05, 0.1) is 29.5 Å². The van der Waals surface area contributed by atoms with E-state index in [1.54, 1.807) is 38.1 Å². The highest BCUT2D eigenvalue weighted by Gasteiger charge is 2.45. The van der Waals surface area contributed by atoms with Gasteiger partial charge in [0.2, 0.25) is 5.91 Å². The SMILES string of the molecule is COc1ccc(O[C@@H](C)C(=O)N2c3ccccc3NC(=O)C2(C)C)c([N+](=O)[O-])c1. The summed E-state index contributed by atoms with van der Waals surface area (Å²) in [5, 5.41) is 14.2. The van der Waals surface area contributed by atoms with Crippen molar-refractivity contribution in [2.24, 2.45) is 0 Å². The molecule has 0 bridgehead atoms. The topological polar surface area (TPSA) is 111 Å². The van der Waals surface area contributed by atoms with Gasteiger partial charge in [-0.25, -0.2) is 0 Å². The smallest absolute Gasteiger partial charge is 0.314 e. The van der Waals surface area contributed by atoms with Crippen LogP contribution >= 0.6 is 0 Å². The van der Waals surface area contributed by atoms with E-state index >= 15 is 0 Å². The van der Waals surface area contributed by atoms with Crippen LogP contribution in [-0.4, -0.2) is 35.5 Å². The zero-order valence-electron chi connectivity index (χ0n) is 16.5. The molecule has 0 saturated heterocycles. The third-order valence-electron chi connectivity index (χ3n) is 4.74. The van der Waals surface area contributed by atoms with Crippen LogP contribution in [0.1, 0.15) is 20.8 Å². The van der Waals surface area contributed by atoms with E-state index in [0.717, 1.165) is 0 Å². The Kier molecular flexibility index (Phi) is 5.15. The number of benzene rings is 2. The Morgan fingerprint density at radius 2 is 1.93 bits per heavy atom. The van der Waals surface area contributed by atoms with E-state index in [1.807, 2.05) is 0 Å². The molecule has 0 saturated carbocycles. The first-order valence-corrected chi connectivity index (χ1v) is 8.90. The van der Waals surface area contributed by atoms with Gasteiger partial charge in [0.1, 0.15) is 11.3 Å². The molecule has 0 fully saturated rings. The monoisotopic (exact) mass is 399 g/mol.